The Bertz CT molecular complexity index is 430. The average Bonchev–Trinajstić information content (AvgIpc) is 2.47. The van der Waals surface area contributed by atoms with Gasteiger partial charge < -0.3 is 11.1 Å². The number of nitrogens with one attached hydrogen (secondary N) is 1. The van der Waals surface area contributed by atoms with E-state index in [-0.39, 0.29) is 11.9 Å². The number of carbonyl (C=O) groups is 1. The fourth-order valence-corrected chi connectivity index (χ4v) is 3.22. The van der Waals surface area contributed by atoms with Crippen molar-refractivity contribution < 1.29 is 4.79 Å². The molecule has 2 unspecified atom stereocenters. The monoisotopic (exact) mass is 274 g/mol. The molecule has 2 rings (SSSR count). The Balaban J connectivity index is 1.99. The van der Waals surface area contributed by atoms with Gasteiger partial charge in [-0.1, -0.05) is 57.0 Å². The molecule has 0 bridgehead atoms. The minimum absolute atomic E-state index is 0.0475. The fraction of sp³-hybridized carbons (Fsp3) is 0.588. The predicted molar refractivity (Wildman–Crippen MR) is 82.1 cm³/mol. The Labute approximate surface area is 121 Å². The van der Waals surface area contributed by atoms with Gasteiger partial charge in [-0.25, -0.2) is 0 Å². The van der Waals surface area contributed by atoms with Crippen LogP contribution in [0.4, 0.5) is 0 Å². The lowest BCUT2D eigenvalue weighted by molar-refractivity contribution is -0.124. The molecule has 0 spiro atoms. The van der Waals surface area contributed by atoms with E-state index in [0.29, 0.717) is 11.8 Å². The summed E-state index contributed by atoms with van der Waals surface area (Å²) in [5.41, 5.74) is 6.94. The van der Waals surface area contributed by atoms with Crippen LogP contribution >= 0.6 is 0 Å². The Morgan fingerprint density at radius 1 is 1.20 bits per heavy atom. The van der Waals surface area contributed by atoms with E-state index < -0.39 is 6.04 Å². The van der Waals surface area contributed by atoms with Crippen LogP contribution in [-0.4, -0.2) is 11.9 Å². The number of rotatable bonds is 4. The SMILES string of the molecule is CC(C)C1CCCCC1NC(=O)[C@H](N)c1ccccc1. The van der Waals surface area contributed by atoms with Crippen LogP contribution in [0.5, 0.6) is 0 Å². The molecule has 110 valence electrons. The summed E-state index contributed by atoms with van der Waals surface area (Å²) in [4.78, 5) is 12.3. The zero-order chi connectivity index (χ0) is 14.5. The van der Waals surface area contributed by atoms with Gasteiger partial charge in [0.25, 0.3) is 0 Å². The third kappa shape index (κ3) is 3.60. The van der Waals surface area contributed by atoms with Crippen molar-refractivity contribution in [1.82, 2.24) is 5.32 Å². The van der Waals surface area contributed by atoms with Gasteiger partial charge in [0.1, 0.15) is 6.04 Å². The van der Waals surface area contributed by atoms with E-state index in [0.717, 1.165) is 12.0 Å². The van der Waals surface area contributed by atoms with Crippen LogP contribution in [0.25, 0.3) is 0 Å². The smallest absolute Gasteiger partial charge is 0.241 e. The van der Waals surface area contributed by atoms with Crippen LogP contribution in [0, 0.1) is 11.8 Å². The highest BCUT2D eigenvalue weighted by atomic mass is 16.2. The highest BCUT2D eigenvalue weighted by molar-refractivity contribution is 5.83. The van der Waals surface area contributed by atoms with Crippen LogP contribution in [-0.2, 0) is 4.79 Å². The summed E-state index contributed by atoms with van der Waals surface area (Å²) in [5, 5.41) is 3.18. The number of benzene rings is 1. The van der Waals surface area contributed by atoms with E-state index in [1.165, 1.54) is 19.3 Å². The molecule has 0 heterocycles. The van der Waals surface area contributed by atoms with Crippen LogP contribution < -0.4 is 11.1 Å². The van der Waals surface area contributed by atoms with Crippen LogP contribution in [0.15, 0.2) is 30.3 Å². The Morgan fingerprint density at radius 3 is 2.50 bits per heavy atom. The first-order valence-corrected chi connectivity index (χ1v) is 7.70. The van der Waals surface area contributed by atoms with Gasteiger partial charge in [-0.05, 0) is 30.2 Å². The summed E-state index contributed by atoms with van der Waals surface area (Å²) < 4.78 is 0. The molecule has 0 aromatic heterocycles. The lowest BCUT2D eigenvalue weighted by Crippen LogP contribution is -2.47. The van der Waals surface area contributed by atoms with Gasteiger partial charge in [0.05, 0.1) is 0 Å². The summed E-state index contributed by atoms with van der Waals surface area (Å²) in [7, 11) is 0. The molecule has 3 N–H and O–H groups in total. The van der Waals surface area contributed by atoms with Gasteiger partial charge in [0.15, 0.2) is 0 Å². The molecule has 1 saturated carbocycles. The van der Waals surface area contributed by atoms with Gasteiger partial charge in [-0.15, -0.1) is 0 Å². The van der Waals surface area contributed by atoms with Gasteiger partial charge in [0, 0.05) is 6.04 Å². The third-order valence-electron chi connectivity index (χ3n) is 4.44. The molecule has 1 aliphatic carbocycles. The highest BCUT2D eigenvalue weighted by Crippen LogP contribution is 2.30. The number of nitrogens with two attached hydrogens (primary N) is 1. The van der Waals surface area contributed by atoms with E-state index >= 15 is 0 Å². The van der Waals surface area contributed by atoms with Crippen LogP contribution in [0.3, 0.4) is 0 Å². The van der Waals surface area contributed by atoms with E-state index in [4.69, 9.17) is 5.73 Å². The first-order valence-electron chi connectivity index (χ1n) is 7.70. The molecule has 3 nitrogen and oxygen atoms in total. The molecule has 1 amide bonds. The topological polar surface area (TPSA) is 55.1 Å². The van der Waals surface area contributed by atoms with Crippen molar-refractivity contribution in [3.8, 4) is 0 Å². The molecule has 1 aromatic rings. The van der Waals surface area contributed by atoms with Crippen molar-refractivity contribution in [1.29, 1.82) is 0 Å². The molecular weight excluding hydrogens is 248 g/mol. The quantitative estimate of drug-likeness (QED) is 0.886. The van der Waals surface area contributed by atoms with Crippen molar-refractivity contribution in [2.45, 2.75) is 51.6 Å². The standard InChI is InChI=1S/C17H26N2O/c1-12(2)14-10-6-7-11-15(14)19-17(20)16(18)13-8-4-3-5-9-13/h3-5,8-9,12,14-16H,6-7,10-11,18H2,1-2H3,(H,19,20)/t14?,15?,16-/m1/s1. The Morgan fingerprint density at radius 2 is 1.85 bits per heavy atom. The summed E-state index contributed by atoms with van der Waals surface area (Å²) in [5.74, 6) is 1.14. The largest absolute Gasteiger partial charge is 0.351 e. The minimum atomic E-state index is -0.564. The maximum Gasteiger partial charge on any atom is 0.241 e. The van der Waals surface area contributed by atoms with Gasteiger partial charge in [-0.2, -0.15) is 0 Å². The van der Waals surface area contributed by atoms with E-state index in [1.54, 1.807) is 0 Å². The average molecular weight is 274 g/mol. The van der Waals surface area contributed by atoms with Gasteiger partial charge in [0.2, 0.25) is 5.91 Å². The molecule has 1 aromatic carbocycles. The molecular formula is C17H26N2O. The lowest BCUT2D eigenvalue weighted by atomic mass is 9.77. The van der Waals surface area contributed by atoms with E-state index in [9.17, 15) is 4.79 Å². The molecule has 1 fully saturated rings. The molecule has 0 radical (unpaired) electrons. The third-order valence-corrected chi connectivity index (χ3v) is 4.44. The van der Waals surface area contributed by atoms with E-state index in [2.05, 4.69) is 19.2 Å². The van der Waals surface area contributed by atoms with Gasteiger partial charge >= 0.3 is 0 Å². The molecule has 1 aliphatic rings. The van der Waals surface area contributed by atoms with Crippen molar-refractivity contribution in [3.63, 3.8) is 0 Å². The first-order chi connectivity index (χ1) is 9.59. The molecule has 0 aliphatic heterocycles. The Kier molecular flexibility index (Phi) is 5.18. The second kappa shape index (κ2) is 6.89. The maximum absolute atomic E-state index is 12.3. The second-order valence-electron chi connectivity index (χ2n) is 6.20. The summed E-state index contributed by atoms with van der Waals surface area (Å²) in [6.45, 7) is 4.48. The number of amides is 1. The first kappa shape index (κ1) is 15.0. The van der Waals surface area contributed by atoms with Crippen molar-refractivity contribution in [2.24, 2.45) is 17.6 Å². The van der Waals surface area contributed by atoms with E-state index in [1.807, 2.05) is 30.3 Å². The molecule has 3 atom stereocenters. The zero-order valence-corrected chi connectivity index (χ0v) is 12.5. The normalized spacial score (nSPS) is 24.4. The molecule has 20 heavy (non-hydrogen) atoms. The number of hydrogen-bond acceptors (Lipinski definition) is 2. The number of carbonyl (C=O) groups excluding carboxylic acids is 1. The fourth-order valence-electron chi connectivity index (χ4n) is 3.22. The van der Waals surface area contributed by atoms with Crippen LogP contribution in [0.2, 0.25) is 0 Å². The maximum atomic E-state index is 12.3. The Hall–Kier alpha value is -1.35. The highest BCUT2D eigenvalue weighted by Gasteiger charge is 2.30. The minimum Gasteiger partial charge on any atom is -0.351 e. The van der Waals surface area contributed by atoms with Crippen molar-refractivity contribution >= 4 is 5.91 Å². The lowest BCUT2D eigenvalue weighted by Gasteiger charge is -2.35. The molecule has 0 saturated heterocycles. The zero-order valence-electron chi connectivity index (χ0n) is 12.5. The number of hydrogen-bond donors (Lipinski definition) is 2. The summed E-state index contributed by atoms with van der Waals surface area (Å²) >= 11 is 0. The summed E-state index contributed by atoms with van der Waals surface area (Å²) in [6, 6.07) is 9.30. The predicted octanol–water partition coefficient (Wildman–Crippen LogP) is 3.02. The van der Waals surface area contributed by atoms with Crippen molar-refractivity contribution in [3.05, 3.63) is 35.9 Å². The second-order valence-corrected chi connectivity index (χ2v) is 6.20. The van der Waals surface area contributed by atoms with Gasteiger partial charge in [-0.3, -0.25) is 4.79 Å². The van der Waals surface area contributed by atoms with Crippen LogP contribution in [0.1, 0.15) is 51.1 Å². The molecule has 3 heteroatoms. The summed E-state index contributed by atoms with van der Waals surface area (Å²) in [6.07, 6.45) is 4.77. The van der Waals surface area contributed by atoms with Crippen molar-refractivity contribution in [2.75, 3.05) is 0 Å².